The SMILES string of the molecule is COc1ccc(CC2(C(=O)O)COC2)cc1F. The molecule has 0 spiro atoms. The fourth-order valence-electron chi connectivity index (χ4n) is 1.86. The average molecular weight is 240 g/mol. The van der Waals surface area contributed by atoms with Crippen LogP contribution < -0.4 is 4.74 Å². The third-order valence-corrected chi connectivity index (χ3v) is 2.97. The van der Waals surface area contributed by atoms with Crippen LogP contribution in [0.2, 0.25) is 0 Å². The lowest BCUT2D eigenvalue weighted by Crippen LogP contribution is -2.50. The molecule has 1 fully saturated rings. The standard InChI is InChI=1S/C12H13FO4/c1-16-10-3-2-8(4-9(10)13)5-12(11(14)15)6-17-7-12/h2-4H,5-7H2,1H3,(H,14,15). The van der Waals surface area contributed by atoms with Crippen LogP contribution in [0.15, 0.2) is 18.2 Å². The zero-order chi connectivity index (χ0) is 12.5. The van der Waals surface area contributed by atoms with Crippen LogP contribution in [0.1, 0.15) is 5.56 Å². The highest BCUT2D eigenvalue weighted by Gasteiger charge is 2.46. The molecule has 92 valence electrons. The lowest BCUT2D eigenvalue weighted by atomic mass is 9.80. The molecule has 0 aromatic heterocycles. The van der Waals surface area contributed by atoms with E-state index in [9.17, 15) is 9.18 Å². The topological polar surface area (TPSA) is 55.8 Å². The lowest BCUT2D eigenvalue weighted by Gasteiger charge is -2.37. The summed E-state index contributed by atoms with van der Waals surface area (Å²) in [5.41, 5.74) is -0.268. The van der Waals surface area contributed by atoms with E-state index in [-0.39, 0.29) is 25.4 Å². The van der Waals surface area contributed by atoms with Crippen molar-refractivity contribution < 1.29 is 23.8 Å². The molecule has 0 atom stereocenters. The summed E-state index contributed by atoms with van der Waals surface area (Å²) in [4.78, 5) is 11.1. The first-order chi connectivity index (χ1) is 8.07. The number of hydrogen-bond donors (Lipinski definition) is 1. The molecular formula is C12H13FO4. The minimum Gasteiger partial charge on any atom is -0.494 e. The number of ether oxygens (including phenoxy) is 2. The second kappa shape index (κ2) is 4.33. The summed E-state index contributed by atoms with van der Waals surface area (Å²) < 4.78 is 23.2. The maximum atomic E-state index is 13.4. The zero-order valence-corrected chi connectivity index (χ0v) is 9.40. The van der Waals surface area contributed by atoms with Crippen molar-refractivity contribution >= 4 is 5.97 Å². The van der Waals surface area contributed by atoms with Crippen LogP contribution in [-0.2, 0) is 16.0 Å². The third-order valence-electron chi connectivity index (χ3n) is 2.97. The van der Waals surface area contributed by atoms with Crippen molar-refractivity contribution in [3.63, 3.8) is 0 Å². The maximum Gasteiger partial charge on any atom is 0.314 e. The van der Waals surface area contributed by atoms with Crippen molar-refractivity contribution in [1.82, 2.24) is 0 Å². The summed E-state index contributed by atoms with van der Waals surface area (Å²) in [5.74, 6) is -1.23. The van der Waals surface area contributed by atoms with Gasteiger partial charge in [0.05, 0.1) is 20.3 Å². The number of halogens is 1. The first kappa shape index (κ1) is 11.9. The van der Waals surface area contributed by atoms with Gasteiger partial charge in [0.1, 0.15) is 5.41 Å². The normalized spacial score (nSPS) is 17.3. The minimum atomic E-state index is -0.903. The molecule has 1 aliphatic rings. The van der Waals surface area contributed by atoms with Crippen LogP contribution in [0.3, 0.4) is 0 Å². The number of hydrogen-bond acceptors (Lipinski definition) is 3. The molecule has 17 heavy (non-hydrogen) atoms. The molecule has 0 radical (unpaired) electrons. The van der Waals surface area contributed by atoms with E-state index in [0.29, 0.717) is 5.56 Å². The number of carbonyl (C=O) groups is 1. The molecule has 4 nitrogen and oxygen atoms in total. The molecule has 1 aromatic carbocycles. The number of aliphatic carboxylic acids is 1. The highest BCUT2D eigenvalue weighted by molar-refractivity contribution is 5.76. The Morgan fingerprint density at radius 3 is 2.71 bits per heavy atom. The molecule has 0 aliphatic carbocycles. The first-order valence-corrected chi connectivity index (χ1v) is 5.21. The Bertz CT molecular complexity index is 440. The van der Waals surface area contributed by atoms with E-state index in [1.54, 1.807) is 6.07 Å². The van der Waals surface area contributed by atoms with Gasteiger partial charge in [-0.25, -0.2) is 4.39 Å². The molecule has 1 aromatic rings. The second-order valence-electron chi connectivity index (χ2n) is 4.22. The summed E-state index contributed by atoms with van der Waals surface area (Å²) in [7, 11) is 1.39. The van der Waals surface area contributed by atoms with Crippen LogP contribution >= 0.6 is 0 Å². The Kier molecular flexibility index (Phi) is 3.02. The number of methoxy groups -OCH3 is 1. The van der Waals surface area contributed by atoms with Crippen LogP contribution in [-0.4, -0.2) is 31.4 Å². The first-order valence-electron chi connectivity index (χ1n) is 5.21. The lowest BCUT2D eigenvalue weighted by molar-refractivity contribution is -0.179. The van der Waals surface area contributed by atoms with E-state index in [2.05, 4.69) is 0 Å². The van der Waals surface area contributed by atoms with Gasteiger partial charge >= 0.3 is 5.97 Å². The molecule has 0 amide bonds. The van der Waals surface area contributed by atoms with E-state index in [1.807, 2.05) is 0 Å². The van der Waals surface area contributed by atoms with Gasteiger partial charge in [-0.3, -0.25) is 4.79 Å². The Morgan fingerprint density at radius 2 is 2.29 bits per heavy atom. The fraction of sp³-hybridized carbons (Fsp3) is 0.417. The molecule has 1 aliphatic heterocycles. The predicted molar refractivity (Wildman–Crippen MR) is 57.5 cm³/mol. The van der Waals surface area contributed by atoms with Gasteiger partial charge in [0.2, 0.25) is 0 Å². The van der Waals surface area contributed by atoms with Gasteiger partial charge in [0.15, 0.2) is 11.6 Å². The van der Waals surface area contributed by atoms with Gasteiger partial charge in [0.25, 0.3) is 0 Å². The molecule has 0 bridgehead atoms. The van der Waals surface area contributed by atoms with E-state index < -0.39 is 17.2 Å². The van der Waals surface area contributed by atoms with E-state index in [4.69, 9.17) is 14.6 Å². The van der Waals surface area contributed by atoms with Crippen LogP contribution in [0.25, 0.3) is 0 Å². The maximum absolute atomic E-state index is 13.4. The Labute approximate surface area is 98.0 Å². The molecular weight excluding hydrogens is 227 g/mol. The Morgan fingerprint density at radius 1 is 1.59 bits per heavy atom. The predicted octanol–water partition coefficient (Wildman–Crippen LogP) is 1.48. The highest BCUT2D eigenvalue weighted by Crippen LogP contribution is 2.33. The Balaban J connectivity index is 2.18. The van der Waals surface area contributed by atoms with Gasteiger partial charge in [0, 0.05) is 0 Å². The zero-order valence-electron chi connectivity index (χ0n) is 9.40. The van der Waals surface area contributed by atoms with Gasteiger partial charge in [-0.15, -0.1) is 0 Å². The summed E-state index contributed by atoms with van der Waals surface area (Å²) in [6.45, 7) is 0.353. The summed E-state index contributed by atoms with van der Waals surface area (Å²) in [6.07, 6.45) is 0.267. The smallest absolute Gasteiger partial charge is 0.314 e. The molecule has 0 unspecified atom stereocenters. The van der Waals surface area contributed by atoms with Crippen molar-refractivity contribution in [2.75, 3.05) is 20.3 Å². The molecule has 2 rings (SSSR count). The van der Waals surface area contributed by atoms with Crippen LogP contribution in [0.5, 0.6) is 5.75 Å². The molecule has 0 saturated carbocycles. The molecule has 1 saturated heterocycles. The van der Waals surface area contributed by atoms with Gasteiger partial charge in [-0.1, -0.05) is 6.07 Å². The van der Waals surface area contributed by atoms with Crippen molar-refractivity contribution in [1.29, 1.82) is 0 Å². The molecule has 1 heterocycles. The third kappa shape index (κ3) is 2.10. The second-order valence-corrected chi connectivity index (χ2v) is 4.22. The van der Waals surface area contributed by atoms with Crippen molar-refractivity contribution in [3.05, 3.63) is 29.6 Å². The highest BCUT2D eigenvalue weighted by atomic mass is 19.1. The van der Waals surface area contributed by atoms with Crippen LogP contribution in [0, 0.1) is 11.2 Å². The van der Waals surface area contributed by atoms with E-state index in [1.165, 1.54) is 19.2 Å². The van der Waals surface area contributed by atoms with E-state index in [0.717, 1.165) is 0 Å². The van der Waals surface area contributed by atoms with Gasteiger partial charge < -0.3 is 14.6 Å². The van der Waals surface area contributed by atoms with E-state index >= 15 is 0 Å². The largest absolute Gasteiger partial charge is 0.494 e. The van der Waals surface area contributed by atoms with Gasteiger partial charge in [-0.05, 0) is 24.1 Å². The quantitative estimate of drug-likeness (QED) is 0.866. The molecule has 1 N–H and O–H groups in total. The van der Waals surface area contributed by atoms with Crippen LogP contribution in [0.4, 0.5) is 4.39 Å². The molecule has 5 heteroatoms. The summed E-state index contributed by atoms with van der Waals surface area (Å²) in [6, 6.07) is 4.48. The number of carboxylic acids is 1. The van der Waals surface area contributed by atoms with Gasteiger partial charge in [-0.2, -0.15) is 0 Å². The average Bonchev–Trinajstić information content (AvgIpc) is 2.23. The van der Waals surface area contributed by atoms with Crippen molar-refractivity contribution in [3.8, 4) is 5.75 Å². The summed E-state index contributed by atoms with van der Waals surface area (Å²) in [5, 5.41) is 9.12. The number of rotatable bonds is 4. The summed E-state index contributed by atoms with van der Waals surface area (Å²) >= 11 is 0. The monoisotopic (exact) mass is 240 g/mol. The Hall–Kier alpha value is -1.62. The van der Waals surface area contributed by atoms with Crippen molar-refractivity contribution in [2.24, 2.45) is 5.41 Å². The fourth-order valence-corrected chi connectivity index (χ4v) is 1.86. The number of benzene rings is 1. The number of carboxylic acid groups (broad SMARTS) is 1. The van der Waals surface area contributed by atoms with Crippen molar-refractivity contribution in [2.45, 2.75) is 6.42 Å². The minimum absolute atomic E-state index is 0.156.